The monoisotopic (exact) mass is 238 g/mol. The zero-order valence-electron chi connectivity index (χ0n) is 11.0. The van der Waals surface area contributed by atoms with Crippen molar-refractivity contribution in [3.05, 3.63) is 0 Å². The van der Waals surface area contributed by atoms with Gasteiger partial charge in [0.05, 0.1) is 6.07 Å². The fourth-order valence-electron chi connectivity index (χ4n) is 2.22. The van der Waals surface area contributed by atoms with Gasteiger partial charge in [-0.05, 0) is 39.5 Å². The van der Waals surface area contributed by atoms with Crippen LogP contribution in [0, 0.1) is 17.2 Å². The maximum absolute atomic E-state index is 11.7. The zero-order chi connectivity index (χ0) is 12.9. The molecule has 0 heterocycles. The molecule has 0 bridgehead atoms. The lowest BCUT2D eigenvalue weighted by molar-refractivity contribution is 0.0470. The van der Waals surface area contributed by atoms with E-state index in [1.165, 1.54) is 0 Å². The Balaban J connectivity index is 2.47. The number of carbonyl (C=O) groups is 1. The molecule has 1 fully saturated rings. The first-order valence-corrected chi connectivity index (χ1v) is 6.29. The maximum Gasteiger partial charge on any atom is 0.407 e. The highest BCUT2D eigenvalue weighted by Crippen LogP contribution is 2.27. The number of nitrogens with zero attached hydrogens (tertiary/aromatic N) is 1. The van der Waals surface area contributed by atoms with Crippen LogP contribution in [0.15, 0.2) is 0 Å². The molecule has 0 spiro atoms. The second kappa shape index (κ2) is 5.90. The summed E-state index contributed by atoms with van der Waals surface area (Å²) in [6, 6.07) is 2.29. The first-order chi connectivity index (χ1) is 7.92. The molecule has 1 N–H and O–H groups in total. The molecule has 0 saturated heterocycles. The number of rotatable bonds is 2. The summed E-state index contributed by atoms with van der Waals surface area (Å²) in [5, 5.41) is 11.7. The Hall–Kier alpha value is -1.24. The average molecular weight is 238 g/mol. The lowest BCUT2D eigenvalue weighted by Crippen LogP contribution is -2.44. The molecular formula is C13H22N2O2. The lowest BCUT2D eigenvalue weighted by Gasteiger charge is -2.31. The number of nitriles is 1. The van der Waals surface area contributed by atoms with E-state index in [2.05, 4.69) is 11.4 Å². The zero-order valence-corrected chi connectivity index (χ0v) is 11.0. The van der Waals surface area contributed by atoms with Gasteiger partial charge in [0.25, 0.3) is 0 Å². The van der Waals surface area contributed by atoms with Crippen molar-refractivity contribution in [2.24, 2.45) is 5.92 Å². The molecule has 0 aromatic rings. The molecule has 96 valence electrons. The molecule has 1 aliphatic rings. The van der Waals surface area contributed by atoms with E-state index >= 15 is 0 Å². The molecule has 1 amide bonds. The van der Waals surface area contributed by atoms with Crippen LogP contribution in [0.1, 0.15) is 52.9 Å². The maximum atomic E-state index is 11.7. The van der Waals surface area contributed by atoms with E-state index in [0.29, 0.717) is 6.42 Å². The minimum atomic E-state index is -0.469. The predicted octanol–water partition coefficient (Wildman–Crippen LogP) is 2.98. The molecule has 0 radical (unpaired) electrons. The Labute approximate surface area is 103 Å². The van der Waals surface area contributed by atoms with Crippen LogP contribution >= 0.6 is 0 Å². The van der Waals surface area contributed by atoms with Crippen molar-refractivity contribution in [1.29, 1.82) is 5.26 Å². The summed E-state index contributed by atoms with van der Waals surface area (Å²) >= 11 is 0. The van der Waals surface area contributed by atoms with Gasteiger partial charge in [-0.2, -0.15) is 5.26 Å². The fourth-order valence-corrected chi connectivity index (χ4v) is 2.22. The standard InChI is InChI=1S/C13H22N2O2/c1-13(2,3)17-12(16)15-11-7-5-4-6-10(11)8-9-14/h10-11H,4-8H2,1-3H3,(H,15,16). The minimum absolute atomic E-state index is 0.0956. The van der Waals surface area contributed by atoms with Crippen LogP contribution in [0.3, 0.4) is 0 Å². The predicted molar refractivity (Wildman–Crippen MR) is 65.3 cm³/mol. The molecule has 0 aromatic carbocycles. The SMILES string of the molecule is CC(C)(C)OC(=O)NC1CCCCC1CC#N. The smallest absolute Gasteiger partial charge is 0.407 e. The van der Waals surface area contributed by atoms with E-state index in [1.807, 2.05) is 20.8 Å². The van der Waals surface area contributed by atoms with Gasteiger partial charge in [-0.3, -0.25) is 0 Å². The van der Waals surface area contributed by atoms with Gasteiger partial charge in [-0.1, -0.05) is 12.8 Å². The van der Waals surface area contributed by atoms with Gasteiger partial charge in [0.2, 0.25) is 0 Å². The van der Waals surface area contributed by atoms with Crippen LogP contribution in [-0.2, 0) is 4.74 Å². The Morgan fingerprint density at radius 3 is 2.65 bits per heavy atom. The molecule has 4 nitrogen and oxygen atoms in total. The molecule has 1 rings (SSSR count). The Bertz CT molecular complexity index is 302. The second-order valence-electron chi connectivity index (χ2n) is 5.66. The Morgan fingerprint density at radius 1 is 1.41 bits per heavy atom. The van der Waals surface area contributed by atoms with Crippen molar-refractivity contribution in [2.45, 2.75) is 64.5 Å². The number of nitrogens with one attached hydrogen (secondary N) is 1. The van der Waals surface area contributed by atoms with Crippen molar-refractivity contribution in [3.63, 3.8) is 0 Å². The third-order valence-corrected chi connectivity index (χ3v) is 2.96. The Morgan fingerprint density at radius 2 is 2.06 bits per heavy atom. The van der Waals surface area contributed by atoms with E-state index in [4.69, 9.17) is 10.00 Å². The summed E-state index contributed by atoms with van der Waals surface area (Å²) in [4.78, 5) is 11.7. The summed E-state index contributed by atoms with van der Waals surface area (Å²) in [6.07, 6.45) is 4.38. The van der Waals surface area contributed by atoms with Crippen molar-refractivity contribution < 1.29 is 9.53 Å². The number of hydrogen-bond donors (Lipinski definition) is 1. The van der Waals surface area contributed by atoms with Gasteiger partial charge in [0.15, 0.2) is 0 Å². The minimum Gasteiger partial charge on any atom is -0.444 e. The largest absolute Gasteiger partial charge is 0.444 e. The van der Waals surface area contributed by atoms with Crippen LogP contribution < -0.4 is 5.32 Å². The Kier molecular flexibility index (Phi) is 4.80. The molecule has 17 heavy (non-hydrogen) atoms. The quantitative estimate of drug-likeness (QED) is 0.804. The van der Waals surface area contributed by atoms with Crippen LogP contribution in [-0.4, -0.2) is 17.7 Å². The van der Waals surface area contributed by atoms with Crippen LogP contribution in [0.4, 0.5) is 4.79 Å². The van der Waals surface area contributed by atoms with Crippen LogP contribution in [0.2, 0.25) is 0 Å². The first-order valence-electron chi connectivity index (χ1n) is 6.29. The van der Waals surface area contributed by atoms with Gasteiger partial charge < -0.3 is 10.1 Å². The lowest BCUT2D eigenvalue weighted by atomic mass is 9.83. The van der Waals surface area contributed by atoms with E-state index in [9.17, 15) is 4.79 Å². The molecule has 1 saturated carbocycles. The molecule has 0 aliphatic heterocycles. The molecule has 0 aromatic heterocycles. The van der Waals surface area contributed by atoms with E-state index in [0.717, 1.165) is 25.7 Å². The third kappa shape index (κ3) is 5.08. The summed E-state index contributed by atoms with van der Waals surface area (Å²) in [5.74, 6) is 0.279. The van der Waals surface area contributed by atoms with Crippen molar-refractivity contribution >= 4 is 6.09 Å². The van der Waals surface area contributed by atoms with Crippen LogP contribution in [0.25, 0.3) is 0 Å². The summed E-state index contributed by atoms with van der Waals surface area (Å²) in [6.45, 7) is 5.54. The van der Waals surface area contributed by atoms with E-state index in [-0.39, 0.29) is 18.1 Å². The van der Waals surface area contributed by atoms with Crippen LogP contribution in [0.5, 0.6) is 0 Å². The molecule has 4 heteroatoms. The number of ether oxygens (including phenoxy) is 1. The van der Waals surface area contributed by atoms with Gasteiger partial charge in [-0.15, -0.1) is 0 Å². The number of alkyl carbamates (subject to hydrolysis) is 1. The molecule has 1 aliphatic carbocycles. The number of hydrogen-bond acceptors (Lipinski definition) is 3. The summed E-state index contributed by atoms with van der Waals surface area (Å²) in [7, 11) is 0. The van der Waals surface area contributed by atoms with Gasteiger partial charge in [-0.25, -0.2) is 4.79 Å². The number of carbonyl (C=O) groups excluding carboxylic acids is 1. The normalized spacial score (nSPS) is 24.8. The van der Waals surface area contributed by atoms with Crippen molar-refractivity contribution in [1.82, 2.24) is 5.32 Å². The van der Waals surface area contributed by atoms with Gasteiger partial charge in [0.1, 0.15) is 5.60 Å². The van der Waals surface area contributed by atoms with E-state index < -0.39 is 5.60 Å². The topological polar surface area (TPSA) is 62.1 Å². The fraction of sp³-hybridized carbons (Fsp3) is 0.846. The highest BCUT2D eigenvalue weighted by molar-refractivity contribution is 5.68. The van der Waals surface area contributed by atoms with Crippen molar-refractivity contribution in [2.75, 3.05) is 0 Å². The van der Waals surface area contributed by atoms with Gasteiger partial charge in [0, 0.05) is 12.5 Å². The van der Waals surface area contributed by atoms with E-state index in [1.54, 1.807) is 0 Å². The molecular weight excluding hydrogens is 216 g/mol. The first kappa shape index (κ1) is 13.8. The second-order valence-corrected chi connectivity index (χ2v) is 5.66. The molecule has 2 unspecified atom stereocenters. The molecule has 2 atom stereocenters. The van der Waals surface area contributed by atoms with Gasteiger partial charge >= 0.3 is 6.09 Å². The summed E-state index contributed by atoms with van der Waals surface area (Å²) < 4.78 is 5.23. The number of amides is 1. The van der Waals surface area contributed by atoms with Crippen molar-refractivity contribution in [3.8, 4) is 6.07 Å². The average Bonchev–Trinajstić information content (AvgIpc) is 2.18. The third-order valence-electron chi connectivity index (χ3n) is 2.96. The summed E-state index contributed by atoms with van der Waals surface area (Å²) in [5.41, 5.74) is -0.469. The highest BCUT2D eigenvalue weighted by Gasteiger charge is 2.27. The highest BCUT2D eigenvalue weighted by atomic mass is 16.6.